The van der Waals surface area contributed by atoms with Crippen molar-refractivity contribution >= 4 is 55.4 Å². The molecule has 0 fully saturated rings. The molecule has 21 heavy (non-hydrogen) atoms. The quantitative estimate of drug-likeness (QED) is 0.569. The molecule has 1 aromatic carbocycles. The summed E-state index contributed by atoms with van der Waals surface area (Å²) in [6.45, 7) is 0. The number of halogens is 3. The van der Waals surface area contributed by atoms with E-state index in [0.717, 1.165) is 14.5 Å². The molecule has 2 aromatic rings. The lowest BCUT2D eigenvalue weighted by Gasteiger charge is -2.07. The number of aromatic nitrogens is 2. The second-order valence-electron chi connectivity index (χ2n) is 3.81. The fourth-order valence-corrected chi connectivity index (χ4v) is 3.17. The minimum Gasteiger partial charge on any atom is -0.494 e. The number of nitrogens with zero attached hydrogens (tertiary/aromatic N) is 2. The van der Waals surface area contributed by atoms with Crippen molar-refractivity contribution < 1.29 is 4.74 Å². The van der Waals surface area contributed by atoms with E-state index in [9.17, 15) is 4.79 Å². The van der Waals surface area contributed by atoms with Gasteiger partial charge in [-0.05, 0) is 49.6 Å². The van der Waals surface area contributed by atoms with Crippen LogP contribution in [0, 0.1) is 0 Å². The number of ether oxygens (including phenoxy) is 1. The molecule has 9 heteroatoms. The average molecular weight is 436 g/mol. The zero-order chi connectivity index (χ0) is 15.4. The molecule has 0 unspecified atom stereocenters. The molecule has 0 amide bonds. The molecule has 0 aliphatic rings. The summed E-state index contributed by atoms with van der Waals surface area (Å²) in [5.74, 6) is 0.696. The molecule has 1 heterocycles. The van der Waals surface area contributed by atoms with Crippen molar-refractivity contribution in [3.05, 3.63) is 48.2 Å². The first-order valence-corrected chi connectivity index (χ1v) is 7.54. The van der Waals surface area contributed by atoms with Crippen molar-refractivity contribution in [2.24, 2.45) is 5.10 Å². The fourth-order valence-electron chi connectivity index (χ4n) is 1.49. The number of nitrogens with one attached hydrogen (secondary N) is 2. The van der Waals surface area contributed by atoms with Crippen LogP contribution in [-0.2, 0) is 0 Å². The van der Waals surface area contributed by atoms with Gasteiger partial charge < -0.3 is 4.74 Å². The zero-order valence-electron chi connectivity index (χ0n) is 10.7. The summed E-state index contributed by atoms with van der Waals surface area (Å²) >= 11 is 12.6. The normalized spacial score (nSPS) is 10.9. The van der Waals surface area contributed by atoms with Gasteiger partial charge in [-0.15, -0.1) is 0 Å². The van der Waals surface area contributed by atoms with Crippen LogP contribution < -0.4 is 15.7 Å². The number of hydrogen-bond acceptors (Lipinski definition) is 5. The Balaban J connectivity index is 2.19. The summed E-state index contributed by atoms with van der Waals surface area (Å²) in [6.07, 6.45) is 2.95. The first-order chi connectivity index (χ1) is 10.0. The van der Waals surface area contributed by atoms with E-state index in [0.29, 0.717) is 11.4 Å². The highest BCUT2D eigenvalue weighted by molar-refractivity contribution is 9.11. The molecular formula is C12H9Br2ClN4O2. The molecule has 2 rings (SSSR count). The van der Waals surface area contributed by atoms with Gasteiger partial charge in [0.2, 0.25) is 0 Å². The minimum atomic E-state index is -0.480. The van der Waals surface area contributed by atoms with Crippen LogP contribution in [0.15, 0.2) is 37.2 Å². The Morgan fingerprint density at radius 3 is 2.71 bits per heavy atom. The Labute approximate surface area is 141 Å². The molecule has 0 aliphatic carbocycles. The highest BCUT2D eigenvalue weighted by Crippen LogP contribution is 2.33. The van der Waals surface area contributed by atoms with Gasteiger partial charge in [0.05, 0.1) is 28.5 Å². The summed E-state index contributed by atoms with van der Waals surface area (Å²) in [5, 5.41) is 9.87. The lowest BCUT2D eigenvalue weighted by Crippen LogP contribution is -2.10. The second-order valence-corrected chi connectivity index (χ2v) is 5.90. The van der Waals surface area contributed by atoms with Gasteiger partial charge in [-0.25, -0.2) is 5.10 Å². The molecule has 0 saturated carbocycles. The maximum atomic E-state index is 11.3. The molecule has 1 aromatic heterocycles. The van der Waals surface area contributed by atoms with Gasteiger partial charge in [0, 0.05) is 0 Å². The Bertz CT molecular complexity index is 725. The van der Waals surface area contributed by atoms with E-state index in [4.69, 9.17) is 16.3 Å². The van der Waals surface area contributed by atoms with E-state index in [-0.39, 0.29) is 5.02 Å². The third-order valence-corrected chi connectivity index (χ3v) is 3.97. The molecular weight excluding hydrogens is 427 g/mol. The van der Waals surface area contributed by atoms with Gasteiger partial charge in [-0.3, -0.25) is 10.2 Å². The first kappa shape index (κ1) is 16.0. The Hall–Kier alpha value is -1.38. The first-order valence-electron chi connectivity index (χ1n) is 5.58. The van der Waals surface area contributed by atoms with Crippen LogP contribution in [0.2, 0.25) is 5.02 Å². The van der Waals surface area contributed by atoms with Gasteiger partial charge in [0.1, 0.15) is 16.5 Å². The lowest BCUT2D eigenvalue weighted by molar-refractivity contribution is 0.409. The van der Waals surface area contributed by atoms with Crippen LogP contribution in [0.4, 0.5) is 5.69 Å². The van der Waals surface area contributed by atoms with Crippen LogP contribution >= 0.6 is 43.5 Å². The third-order valence-electron chi connectivity index (χ3n) is 2.42. The standard InChI is InChI=1S/C12H9Br2ClN4O2/c1-21-11-7(13)2-6(3-8(11)14)4-16-18-9-5-17-19-12(20)10(9)15/h2-5H,1H3,(H2,18,19,20)/b16-4-. The average Bonchev–Trinajstić information content (AvgIpc) is 2.43. The number of H-pyrrole nitrogens is 1. The number of hydrazone groups is 1. The molecule has 6 nitrogen and oxygen atoms in total. The maximum absolute atomic E-state index is 11.3. The number of anilines is 1. The summed E-state index contributed by atoms with van der Waals surface area (Å²) in [4.78, 5) is 11.3. The summed E-state index contributed by atoms with van der Waals surface area (Å²) in [5.41, 5.74) is 3.32. The predicted molar refractivity (Wildman–Crippen MR) is 89.5 cm³/mol. The summed E-state index contributed by atoms with van der Waals surface area (Å²) in [7, 11) is 1.59. The van der Waals surface area contributed by atoms with E-state index >= 15 is 0 Å². The molecule has 110 valence electrons. The molecule has 0 saturated heterocycles. The van der Waals surface area contributed by atoms with Crippen molar-refractivity contribution in [2.75, 3.05) is 12.5 Å². The van der Waals surface area contributed by atoms with Crippen LogP contribution in [0.25, 0.3) is 0 Å². The Morgan fingerprint density at radius 1 is 1.43 bits per heavy atom. The number of benzene rings is 1. The number of hydrogen-bond donors (Lipinski definition) is 2. The van der Waals surface area contributed by atoms with Crippen molar-refractivity contribution in [1.29, 1.82) is 0 Å². The van der Waals surface area contributed by atoms with Crippen LogP contribution in [0.5, 0.6) is 5.75 Å². The SMILES string of the molecule is COc1c(Br)cc(/C=N\Nc2cn[nH]c(=O)c2Cl)cc1Br. The maximum Gasteiger partial charge on any atom is 0.285 e. The predicted octanol–water partition coefficient (Wildman–Crippen LogP) is 3.40. The van der Waals surface area contributed by atoms with E-state index < -0.39 is 5.56 Å². The van der Waals surface area contributed by atoms with Crippen molar-refractivity contribution in [3.63, 3.8) is 0 Å². The van der Waals surface area contributed by atoms with Crippen LogP contribution in [-0.4, -0.2) is 23.5 Å². The minimum absolute atomic E-state index is 0.000702. The van der Waals surface area contributed by atoms with Gasteiger partial charge in [-0.1, -0.05) is 11.6 Å². The van der Waals surface area contributed by atoms with Crippen LogP contribution in [0.3, 0.4) is 0 Å². The highest BCUT2D eigenvalue weighted by atomic mass is 79.9. The van der Waals surface area contributed by atoms with Crippen molar-refractivity contribution in [1.82, 2.24) is 10.2 Å². The molecule has 0 atom stereocenters. The van der Waals surface area contributed by atoms with E-state index in [2.05, 4.69) is 52.6 Å². The molecule has 0 radical (unpaired) electrons. The molecule has 2 N–H and O–H groups in total. The Kier molecular flexibility index (Phi) is 5.38. The van der Waals surface area contributed by atoms with Crippen molar-refractivity contribution in [2.45, 2.75) is 0 Å². The van der Waals surface area contributed by atoms with Crippen molar-refractivity contribution in [3.8, 4) is 5.75 Å². The number of rotatable bonds is 4. The second kappa shape index (κ2) is 7.06. The van der Waals surface area contributed by atoms with E-state index in [1.54, 1.807) is 13.3 Å². The Morgan fingerprint density at radius 2 is 2.10 bits per heavy atom. The summed E-state index contributed by atoms with van der Waals surface area (Å²) in [6, 6.07) is 3.68. The van der Waals surface area contributed by atoms with Gasteiger partial charge in [0.25, 0.3) is 5.56 Å². The zero-order valence-corrected chi connectivity index (χ0v) is 14.6. The number of methoxy groups -OCH3 is 1. The van der Waals surface area contributed by atoms with Gasteiger partial charge in [-0.2, -0.15) is 10.2 Å². The smallest absolute Gasteiger partial charge is 0.285 e. The fraction of sp³-hybridized carbons (Fsp3) is 0.0833. The van der Waals surface area contributed by atoms with E-state index in [1.165, 1.54) is 6.20 Å². The van der Waals surface area contributed by atoms with Gasteiger partial charge in [0.15, 0.2) is 0 Å². The summed E-state index contributed by atoms with van der Waals surface area (Å²) < 4.78 is 6.79. The number of aromatic amines is 1. The van der Waals surface area contributed by atoms with Crippen LogP contribution in [0.1, 0.15) is 5.56 Å². The van der Waals surface area contributed by atoms with Gasteiger partial charge >= 0.3 is 0 Å². The molecule has 0 aliphatic heterocycles. The highest BCUT2D eigenvalue weighted by Gasteiger charge is 2.07. The third kappa shape index (κ3) is 3.84. The monoisotopic (exact) mass is 434 g/mol. The molecule has 0 bridgehead atoms. The largest absolute Gasteiger partial charge is 0.494 e. The van der Waals surface area contributed by atoms with E-state index in [1.807, 2.05) is 12.1 Å². The topological polar surface area (TPSA) is 79.4 Å². The molecule has 0 spiro atoms. The lowest BCUT2D eigenvalue weighted by atomic mass is 10.2.